The Hall–Kier alpha value is -2.18. The molecule has 0 N–H and O–H groups in total. The van der Waals surface area contributed by atoms with Crippen LogP contribution in [0.5, 0.6) is 5.88 Å². The van der Waals surface area contributed by atoms with Crippen LogP contribution >= 0.6 is 0 Å². The molecule has 0 spiro atoms. The zero-order chi connectivity index (χ0) is 13.1. The fraction of sp³-hybridized carbons (Fsp3) is 0.455. The normalized spacial score (nSPS) is 15.6. The van der Waals surface area contributed by atoms with Crippen LogP contribution in [-0.2, 0) is 4.79 Å². The summed E-state index contributed by atoms with van der Waals surface area (Å²) in [6, 6.07) is 2.79. The number of Topliss-reactive ketones (excluding diaryl/α,β-unsaturated/α-hetero) is 1. The number of ketones is 1. The molecular weight excluding hydrogens is 238 g/mol. The Morgan fingerprint density at radius 3 is 2.89 bits per heavy atom. The molecule has 0 amide bonds. The number of piperidine rings is 1. The van der Waals surface area contributed by atoms with E-state index >= 15 is 0 Å². The lowest BCUT2D eigenvalue weighted by molar-refractivity contribution is -0.384. The second-order valence-electron chi connectivity index (χ2n) is 4.02. The van der Waals surface area contributed by atoms with E-state index in [1.54, 1.807) is 4.90 Å². The maximum absolute atomic E-state index is 11.4. The molecule has 7 heteroatoms. The van der Waals surface area contributed by atoms with E-state index in [4.69, 9.17) is 4.74 Å². The summed E-state index contributed by atoms with van der Waals surface area (Å²) in [6.45, 7) is 0.758. The van der Waals surface area contributed by atoms with Crippen LogP contribution < -0.4 is 9.64 Å². The number of methoxy groups -OCH3 is 1. The van der Waals surface area contributed by atoms with Crippen molar-refractivity contribution in [3.8, 4) is 5.88 Å². The number of anilines is 1. The quantitative estimate of drug-likeness (QED) is 0.592. The monoisotopic (exact) mass is 251 g/mol. The largest absolute Gasteiger partial charge is 0.481 e. The van der Waals surface area contributed by atoms with Gasteiger partial charge in [0.25, 0.3) is 0 Å². The number of ether oxygens (including phenoxy) is 1. The fourth-order valence-electron chi connectivity index (χ4n) is 1.93. The lowest BCUT2D eigenvalue weighted by atomic mass is 10.1. The summed E-state index contributed by atoms with van der Waals surface area (Å²) in [7, 11) is 1.44. The molecule has 18 heavy (non-hydrogen) atoms. The molecule has 0 saturated carbocycles. The average molecular weight is 251 g/mol. The lowest BCUT2D eigenvalue weighted by Gasteiger charge is -2.26. The Bertz CT molecular complexity index is 489. The number of aromatic nitrogens is 1. The number of carbonyl (C=O) groups excluding carboxylic acids is 1. The first-order chi connectivity index (χ1) is 8.61. The van der Waals surface area contributed by atoms with E-state index in [-0.39, 0.29) is 23.8 Å². The molecule has 1 fully saturated rings. The molecule has 2 rings (SSSR count). The third-order valence-corrected chi connectivity index (χ3v) is 2.79. The second kappa shape index (κ2) is 4.99. The third kappa shape index (κ3) is 2.39. The SMILES string of the molecule is COc1ccc([N+](=O)[O-])c(N2CCCC(=O)C2)n1. The van der Waals surface area contributed by atoms with E-state index in [0.717, 1.165) is 0 Å². The molecule has 0 aliphatic carbocycles. The van der Waals surface area contributed by atoms with E-state index in [1.807, 2.05) is 0 Å². The topological polar surface area (TPSA) is 85.6 Å². The fourth-order valence-corrected chi connectivity index (χ4v) is 1.93. The number of rotatable bonds is 3. The molecule has 1 saturated heterocycles. The van der Waals surface area contributed by atoms with Crippen LogP contribution in [0.1, 0.15) is 12.8 Å². The van der Waals surface area contributed by atoms with Crippen molar-refractivity contribution in [2.75, 3.05) is 25.1 Å². The summed E-state index contributed by atoms with van der Waals surface area (Å²) >= 11 is 0. The van der Waals surface area contributed by atoms with Crippen molar-refractivity contribution in [1.29, 1.82) is 0 Å². The third-order valence-electron chi connectivity index (χ3n) is 2.79. The van der Waals surface area contributed by atoms with Crippen molar-refractivity contribution in [3.63, 3.8) is 0 Å². The molecule has 7 nitrogen and oxygen atoms in total. The van der Waals surface area contributed by atoms with Gasteiger partial charge in [0.05, 0.1) is 18.6 Å². The van der Waals surface area contributed by atoms with Crippen molar-refractivity contribution < 1.29 is 14.5 Å². The summed E-state index contributed by atoms with van der Waals surface area (Å²) in [4.78, 5) is 27.6. The van der Waals surface area contributed by atoms with Crippen molar-refractivity contribution >= 4 is 17.3 Å². The van der Waals surface area contributed by atoms with Crippen LogP contribution in [0.2, 0.25) is 0 Å². The van der Waals surface area contributed by atoms with Crippen LogP contribution in [0.4, 0.5) is 11.5 Å². The molecule has 1 aliphatic rings. The Labute approximate surface area is 104 Å². The van der Waals surface area contributed by atoms with Crippen LogP contribution in [0.25, 0.3) is 0 Å². The lowest BCUT2D eigenvalue weighted by Crippen LogP contribution is -2.36. The van der Waals surface area contributed by atoms with E-state index < -0.39 is 4.92 Å². The molecule has 0 bridgehead atoms. The van der Waals surface area contributed by atoms with Gasteiger partial charge in [-0.05, 0) is 6.42 Å². The first-order valence-corrected chi connectivity index (χ1v) is 5.58. The van der Waals surface area contributed by atoms with Crippen LogP contribution in [0.3, 0.4) is 0 Å². The number of hydrogen-bond donors (Lipinski definition) is 0. The molecule has 1 aromatic heterocycles. The zero-order valence-electron chi connectivity index (χ0n) is 9.96. The van der Waals surface area contributed by atoms with Gasteiger partial charge in [-0.15, -0.1) is 0 Å². The maximum Gasteiger partial charge on any atom is 0.311 e. The minimum Gasteiger partial charge on any atom is -0.481 e. The number of hydrogen-bond acceptors (Lipinski definition) is 6. The minimum absolute atomic E-state index is 0.0696. The standard InChI is InChI=1S/C11H13N3O4/c1-18-10-5-4-9(14(16)17)11(12-10)13-6-2-3-8(15)7-13/h4-5H,2-3,6-7H2,1H3. The van der Waals surface area contributed by atoms with Gasteiger partial charge in [-0.25, -0.2) is 0 Å². The van der Waals surface area contributed by atoms with Gasteiger partial charge >= 0.3 is 5.69 Å². The molecule has 0 unspecified atom stereocenters. The van der Waals surface area contributed by atoms with E-state index in [9.17, 15) is 14.9 Å². The van der Waals surface area contributed by atoms with Gasteiger partial charge in [0.15, 0.2) is 5.78 Å². The Morgan fingerprint density at radius 2 is 2.28 bits per heavy atom. The maximum atomic E-state index is 11.4. The Balaban J connectivity index is 2.39. The molecule has 1 aromatic rings. The van der Waals surface area contributed by atoms with E-state index in [1.165, 1.54) is 19.2 Å². The van der Waals surface area contributed by atoms with Gasteiger partial charge in [0.2, 0.25) is 11.7 Å². The number of nitro groups is 1. The number of nitrogens with zero attached hydrogens (tertiary/aromatic N) is 3. The van der Waals surface area contributed by atoms with Gasteiger partial charge in [-0.3, -0.25) is 14.9 Å². The van der Waals surface area contributed by atoms with Crippen LogP contribution in [0.15, 0.2) is 12.1 Å². The first-order valence-electron chi connectivity index (χ1n) is 5.58. The molecular formula is C11H13N3O4. The molecule has 96 valence electrons. The van der Waals surface area contributed by atoms with Crippen LogP contribution in [0, 0.1) is 10.1 Å². The highest BCUT2D eigenvalue weighted by Crippen LogP contribution is 2.29. The molecule has 0 radical (unpaired) electrons. The van der Waals surface area contributed by atoms with E-state index in [0.29, 0.717) is 25.3 Å². The number of pyridine rings is 1. The highest BCUT2D eigenvalue weighted by Gasteiger charge is 2.26. The van der Waals surface area contributed by atoms with Crippen molar-refractivity contribution in [3.05, 3.63) is 22.2 Å². The molecule has 0 atom stereocenters. The number of carbonyl (C=O) groups is 1. The second-order valence-corrected chi connectivity index (χ2v) is 4.02. The van der Waals surface area contributed by atoms with E-state index in [2.05, 4.69) is 4.98 Å². The van der Waals surface area contributed by atoms with Crippen molar-refractivity contribution in [2.24, 2.45) is 0 Å². The summed E-state index contributed by atoms with van der Waals surface area (Å²) in [5.41, 5.74) is -0.106. The van der Waals surface area contributed by atoms with Gasteiger partial charge in [-0.2, -0.15) is 4.98 Å². The summed E-state index contributed by atoms with van der Waals surface area (Å²) < 4.78 is 4.96. The Morgan fingerprint density at radius 1 is 1.50 bits per heavy atom. The first kappa shape index (κ1) is 12.3. The predicted octanol–water partition coefficient (Wildman–Crippen LogP) is 1.17. The average Bonchev–Trinajstić information content (AvgIpc) is 2.38. The van der Waals surface area contributed by atoms with Gasteiger partial charge in [-0.1, -0.05) is 0 Å². The predicted molar refractivity (Wildman–Crippen MR) is 63.9 cm³/mol. The summed E-state index contributed by atoms with van der Waals surface area (Å²) in [5, 5.41) is 11.0. The van der Waals surface area contributed by atoms with Crippen LogP contribution in [-0.4, -0.2) is 35.9 Å². The highest BCUT2D eigenvalue weighted by molar-refractivity contribution is 5.85. The smallest absolute Gasteiger partial charge is 0.311 e. The minimum atomic E-state index is -0.499. The summed E-state index contributed by atoms with van der Waals surface area (Å²) in [5.74, 6) is 0.571. The summed E-state index contributed by atoms with van der Waals surface area (Å²) in [6.07, 6.45) is 1.21. The van der Waals surface area contributed by atoms with Gasteiger partial charge in [0.1, 0.15) is 0 Å². The molecule has 1 aliphatic heterocycles. The Kier molecular flexibility index (Phi) is 3.40. The van der Waals surface area contributed by atoms with Gasteiger partial charge < -0.3 is 9.64 Å². The highest BCUT2D eigenvalue weighted by atomic mass is 16.6. The van der Waals surface area contributed by atoms with Crippen molar-refractivity contribution in [1.82, 2.24) is 4.98 Å². The zero-order valence-corrected chi connectivity index (χ0v) is 9.96. The molecule has 2 heterocycles. The molecule has 0 aromatic carbocycles. The van der Waals surface area contributed by atoms with Gasteiger partial charge in [0, 0.05) is 25.1 Å². The van der Waals surface area contributed by atoms with Crippen molar-refractivity contribution in [2.45, 2.75) is 12.8 Å².